The van der Waals surface area contributed by atoms with Gasteiger partial charge in [-0.1, -0.05) is 19.3 Å². The minimum absolute atomic E-state index is 0.585. The lowest BCUT2D eigenvalue weighted by Gasteiger charge is -2.21. The topological polar surface area (TPSA) is 34.9 Å². The molecule has 0 bridgehead atoms. The van der Waals surface area contributed by atoms with Crippen LogP contribution in [0.2, 0.25) is 0 Å². The molecule has 2 rings (SSSR count). The van der Waals surface area contributed by atoms with Crippen molar-refractivity contribution in [3.8, 4) is 0 Å². The summed E-state index contributed by atoms with van der Waals surface area (Å²) in [5, 5.41) is 4.53. The van der Waals surface area contributed by atoms with Crippen molar-refractivity contribution in [2.24, 2.45) is 0 Å². The maximum Gasteiger partial charge on any atom is 0.120 e. The maximum atomic E-state index is 10.3. The summed E-state index contributed by atoms with van der Waals surface area (Å²) in [4.78, 5) is 10.3. The first-order valence-corrected chi connectivity index (χ1v) is 5.88. The van der Waals surface area contributed by atoms with Crippen LogP contribution in [0.25, 0.3) is 0 Å². The molecule has 1 aliphatic rings. The number of carbonyl (C=O) groups is 1. The smallest absolute Gasteiger partial charge is 0.120 e. The molecular weight excluding hydrogens is 188 g/mol. The lowest BCUT2D eigenvalue weighted by molar-refractivity contribution is -0.107. The fourth-order valence-electron chi connectivity index (χ4n) is 2.27. The van der Waals surface area contributed by atoms with Crippen molar-refractivity contribution in [1.29, 1.82) is 0 Å². The molecule has 1 aromatic rings. The molecule has 0 N–H and O–H groups in total. The van der Waals surface area contributed by atoms with E-state index in [2.05, 4.69) is 16.0 Å². The predicted molar refractivity (Wildman–Crippen MR) is 58.7 cm³/mol. The summed E-state index contributed by atoms with van der Waals surface area (Å²) in [7, 11) is 0. The van der Waals surface area contributed by atoms with E-state index < -0.39 is 0 Å². The standard InChI is InChI=1S/C12H18N2O/c15-10-4-5-11-8-9-14(13-11)12-6-2-1-3-7-12/h8-10,12H,1-7H2. The molecule has 0 radical (unpaired) electrons. The molecule has 3 heteroatoms. The normalized spacial score (nSPS) is 17.9. The van der Waals surface area contributed by atoms with Crippen LogP contribution in [0.5, 0.6) is 0 Å². The van der Waals surface area contributed by atoms with Crippen LogP contribution in [0.4, 0.5) is 0 Å². The largest absolute Gasteiger partial charge is 0.303 e. The molecule has 0 atom stereocenters. The van der Waals surface area contributed by atoms with Crippen LogP contribution in [-0.4, -0.2) is 16.1 Å². The number of aromatic nitrogens is 2. The summed E-state index contributed by atoms with van der Waals surface area (Å²) in [5.74, 6) is 0. The molecule has 0 aliphatic heterocycles. The Morgan fingerprint density at radius 2 is 2.20 bits per heavy atom. The molecule has 0 aromatic carbocycles. The average molecular weight is 206 g/mol. The third-order valence-electron chi connectivity index (χ3n) is 3.13. The van der Waals surface area contributed by atoms with E-state index in [-0.39, 0.29) is 0 Å². The number of carbonyl (C=O) groups excluding carboxylic acids is 1. The number of rotatable bonds is 4. The Labute approximate surface area is 90.5 Å². The Morgan fingerprint density at radius 3 is 2.93 bits per heavy atom. The van der Waals surface area contributed by atoms with E-state index >= 15 is 0 Å². The first kappa shape index (κ1) is 10.4. The van der Waals surface area contributed by atoms with Crippen LogP contribution in [0.3, 0.4) is 0 Å². The summed E-state index contributed by atoms with van der Waals surface area (Å²) >= 11 is 0. The van der Waals surface area contributed by atoms with Gasteiger partial charge in [-0.3, -0.25) is 4.68 Å². The van der Waals surface area contributed by atoms with Gasteiger partial charge in [-0.2, -0.15) is 5.10 Å². The van der Waals surface area contributed by atoms with Gasteiger partial charge >= 0.3 is 0 Å². The molecule has 0 saturated heterocycles. The van der Waals surface area contributed by atoms with E-state index in [1.807, 2.05) is 6.07 Å². The first-order chi connectivity index (χ1) is 7.40. The SMILES string of the molecule is O=CCCc1ccn(C2CCCCC2)n1. The van der Waals surface area contributed by atoms with E-state index in [0.717, 1.165) is 18.4 Å². The second-order valence-corrected chi connectivity index (χ2v) is 4.28. The minimum Gasteiger partial charge on any atom is -0.303 e. The third-order valence-corrected chi connectivity index (χ3v) is 3.13. The second-order valence-electron chi connectivity index (χ2n) is 4.28. The summed E-state index contributed by atoms with van der Waals surface area (Å²) in [6.07, 6.45) is 10.9. The van der Waals surface area contributed by atoms with Crippen LogP contribution in [0.15, 0.2) is 12.3 Å². The average Bonchev–Trinajstić information content (AvgIpc) is 2.76. The summed E-state index contributed by atoms with van der Waals surface area (Å²) in [6.45, 7) is 0. The Kier molecular flexibility index (Phi) is 3.54. The molecule has 1 fully saturated rings. The molecule has 82 valence electrons. The van der Waals surface area contributed by atoms with Gasteiger partial charge in [-0.25, -0.2) is 0 Å². The molecule has 1 saturated carbocycles. The Morgan fingerprint density at radius 1 is 1.40 bits per heavy atom. The molecule has 3 nitrogen and oxygen atoms in total. The van der Waals surface area contributed by atoms with Crippen LogP contribution >= 0.6 is 0 Å². The van der Waals surface area contributed by atoms with Gasteiger partial charge in [-0.15, -0.1) is 0 Å². The van der Waals surface area contributed by atoms with Crippen LogP contribution in [0.1, 0.15) is 50.3 Å². The van der Waals surface area contributed by atoms with Crippen molar-refractivity contribution in [3.63, 3.8) is 0 Å². The summed E-state index contributed by atoms with van der Waals surface area (Å²) in [6, 6.07) is 2.64. The fourth-order valence-corrected chi connectivity index (χ4v) is 2.27. The van der Waals surface area contributed by atoms with E-state index in [4.69, 9.17) is 0 Å². The highest BCUT2D eigenvalue weighted by atomic mass is 16.1. The molecule has 0 unspecified atom stereocenters. The molecule has 0 amide bonds. The zero-order chi connectivity index (χ0) is 10.5. The number of hydrogen-bond acceptors (Lipinski definition) is 2. The minimum atomic E-state index is 0.585. The lowest BCUT2D eigenvalue weighted by atomic mass is 9.96. The van der Waals surface area contributed by atoms with Crippen molar-refractivity contribution >= 4 is 6.29 Å². The van der Waals surface area contributed by atoms with Crippen molar-refractivity contribution < 1.29 is 4.79 Å². The van der Waals surface area contributed by atoms with Crippen molar-refractivity contribution in [2.45, 2.75) is 51.0 Å². The van der Waals surface area contributed by atoms with Crippen molar-refractivity contribution in [1.82, 2.24) is 9.78 Å². The quantitative estimate of drug-likeness (QED) is 0.709. The Hall–Kier alpha value is -1.12. The number of aldehydes is 1. The van der Waals surface area contributed by atoms with Gasteiger partial charge in [0.25, 0.3) is 0 Å². The van der Waals surface area contributed by atoms with E-state index in [1.54, 1.807) is 0 Å². The van der Waals surface area contributed by atoms with Crippen LogP contribution in [0, 0.1) is 0 Å². The van der Waals surface area contributed by atoms with Crippen molar-refractivity contribution in [2.75, 3.05) is 0 Å². The highest BCUT2D eigenvalue weighted by Gasteiger charge is 2.15. The molecule has 1 heterocycles. The van der Waals surface area contributed by atoms with Gasteiger partial charge < -0.3 is 4.79 Å². The number of nitrogens with zero attached hydrogens (tertiary/aromatic N) is 2. The van der Waals surface area contributed by atoms with E-state index in [9.17, 15) is 4.79 Å². The number of hydrogen-bond donors (Lipinski definition) is 0. The Balaban J connectivity index is 1.95. The van der Waals surface area contributed by atoms with E-state index in [1.165, 1.54) is 32.1 Å². The fraction of sp³-hybridized carbons (Fsp3) is 0.667. The molecule has 0 spiro atoms. The second kappa shape index (κ2) is 5.10. The van der Waals surface area contributed by atoms with Gasteiger partial charge in [-0.05, 0) is 25.3 Å². The number of aryl methyl sites for hydroxylation is 1. The molecule has 15 heavy (non-hydrogen) atoms. The van der Waals surface area contributed by atoms with Crippen molar-refractivity contribution in [3.05, 3.63) is 18.0 Å². The molecular formula is C12H18N2O. The highest BCUT2D eigenvalue weighted by Crippen LogP contribution is 2.27. The zero-order valence-corrected chi connectivity index (χ0v) is 9.06. The molecule has 1 aromatic heterocycles. The highest BCUT2D eigenvalue weighted by molar-refractivity contribution is 5.49. The third kappa shape index (κ3) is 2.67. The first-order valence-electron chi connectivity index (χ1n) is 5.88. The molecule has 1 aliphatic carbocycles. The van der Waals surface area contributed by atoms with Crippen LogP contribution in [-0.2, 0) is 11.2 Å². The van der Waals surface area contributed by atoms with Gasteiger partial charge in [0.2, 0.25) is 0 Å². The maximum absolute atomic E-state index is 10.3. The Bertz CT molecular complexity index is 313. The van der Waals surface area contributed by atoms with E-state index in [0.29, 0.717) is 12.5 Å². The zero-order valence-electron chi connectivity index (χ0n) is 9.06. The monoisotopic (exact) mass is 206 g/mol. The predicted octanol–water partition coefficient (Wildman–Crippen LogP) is 2.52. The lowest BCUT2D eigenvalue weighted by Crippen LogP contribution is -2.13. The van der Waals surface area contributed by atoms with Crippen LogP contribution < -0.4 is 0 Å². The van der Waals surface area contributed by atoms with Gasteiger partial charge in [0, 0.05) is 12.6 Å². The summed E-state index contributed by atoms with van der Waals surface area (Å²) in [5.41, 5.74) is 1.05. The van der Waals surface area contributed by atoms with Gasteiger partial charge in [0.1, 0.15) is 6.29 Å². The van der Waals surface area contributed by atoms with Gasteiger partial charge in [0.15, 0.2) is 0 Å². The van der Waals surface area contributed by atoms with Gasteiger partial charge in [0.05, 0.1) is 11.7 Å². The summed E-state index contributed by atoms with van der Waals surface area (Å²) < 4.78 is 2.10.